The Morgan fingerprint density at radius 3 is 0.912 bits per heavy atom. The Labute approximate surface area is 420 Å². The van der Waals surface area contributed by atoms with Crippen molar-refractivity contribution in [3.05, 3.63) is 85.1 Å². The summed E-state index contributed by atoms with van der Waals surface area (Å²) in [5, 5.41) is 0. The van der Waals surface area contributed by atoms with Crippen molar-refractivity contribution in [3.63, 3.8) is 0 Å². The quantitative estimate of drug-likeness (QED) is 0.0199. The number of rotatable bonds is 51. The smallest absolute Gasteiger partial charge is 0.306 e. The van der Waals surface area contributed by atoms with E-state index in [9.17, 15) is 14.4 Å². The monoisotopic (exact) mass is 947 g/mol. The van der Waals surface area contributed by atoms with Crippen molar-refractivity contribution >= 4 is 17.9 Å². The van der Waals surface area contributed by atoms with E-state index in [0.29, 0.717) is 19.3 Å². The third-order valence-corrected chi connectivity index (χ3v) is 12.2. The molecule has 0 aromatic heterocycles. The van der Waals surface area contributed by atoms with Gasteiger partial charge in [-0.25, -0.2) is 0 Å². The molecule has 0 aromatic carbocycles. The van der Waals surface area contributed by atoms with Crippen molar-refractivity contribution in [1.29, 1.82) is 0 Å². The molecule has 0 aliphatic rings. The van der Waals surface area contributed by atoms with Crippen LogP contribution in [-0.4, -0.2) is 37.2 Å². The third-order valence-electron chi connectivity index (χ3n) is 12.2. The minimum absolute atomic E-state index is 0.0923. The summed E-state index contributed by atoms with van der Waals surface area (Å²) in [5.74, 6) is -0.925. The highest BCUT2D eigenvalue weighted by atomic mass is 16.6. The second-order valence-corrected chi connectivity index (χ2v) is 19.0. The van der Waals surface area contributed by atoms with Gasteiger partial charge >= 0.3 is 17.9 Å². The molecule has 0 saturated heterocycles. The largest absolute Gasteiger partial charge is 0.462 e. The third kappa shape index (κ3) is 53.5. The summed E-state index contributed by atoms with van der Waals surface area (Å²) in [5.41, 5.74) is 0. The first-order valence-corrected chi connectivity index (χ1v) is 28.7. The maximum Gasteiger partial charge on any atom is 0.306 e. The molecule has 0 rings (SSSR count). The SMILES string of the molecule is CCCCC\C=C/C=C\C=C/C=C\CCCCCCCC(=O)OCC(COC(=O)CCCCCCCC/C=C\C=C/CCCCC)OC(=O)CCCCCCCCC/C=C\CCCCCCCC. The molecule has 0 radical (unpaired) electrons. The highest BCUT2D eigenvalue weighted by molar-refractivity contribution is 5.71. The average Bonchev–Trinajstić information content (AvgIpc) is 3.34. The summed E-state index contributed by atoms with van der Waals surface area (Å²) in [6.45, 7) is 6.55. The van der Waals surface area contributed by atoms with Crippen LogP contribution in [0.15, 0.2) is 85.1 Å². The molecular formula is C62H106O6. The summed E-state index contributed by atoms with van der Waals surface area (Å²) in [4.78, 5) is 38.2. The van der Waals surface area contributed by atoms with Crippen LogP contribution in [0.25, 0.3) is 0 Å². The standard InChI is InChI=1S/C62H106O6/c1-4-7-10-13-16-19-22-25-28-30-32-34-37-40-43-46-49-52-55-61(64)67-58-59(57-66-60(63)54-51-48-45-42-39-36-33-27-24-21-18-15-12-9-6-3)68-62(65)56-53-50-47-44-41-38-35-31-29-26-23-20-17-14-11-8-5-2/h16,18-19,21-22,24-30,32,34,59H,4-15,17,20,23,31,33,35-58H2,1-3H3/b19-16-,21-18-,25-22-,27-24-,29-26-,30-28-,34-32-. The van der Waals surface area contributed by atoms with Gasteiger partial charge in [0, 0.05) is 19.3 Å². The minimum atomic E-state index is -0.795. The van der Waals surface area contributed by atoms with Gasteiger partial charge in [0.1, 0.15) is 13.2 Å². The molecule has 0 aromatic rings. The predicted molar refractivity (Wildman–Crippen MR) is 293 cm³/mol. The summed E-state index contributed by atoms with van der Waals surface area (Å²) in [6.07, 6.45) is 72.7. The minimum Gasteiger partial charge on any atom is -0.462 e. The number of hydrogen-bond donors (Lipinski definition) is 0. The lowest BCUT2D eigenvalue weighted by molar-refractivity contribution is -0.167. The molecule has 0 amide bonds. The predicted octanol–water partition coefficient (Wildman–Crippen LogP) is 19.2. The van der Waals surface area contributed by atoms with Crippen LogP contribution in [0.3, 0.4) is 0 Å². The van der Waals surface area contributed by atoms with Crippen molar-refractivity contribution in [1.82, 2.24) is 0 Å². The van der Waals surface area contributed by atoms with Crippen LogP contribution in [-0.2, 0) is 28.6 Å². The van der Waals surface area contributed by atoms with Crippen LogP contribution < -0.4 is 0 Å². The number of ether oxygens (including phenoxy) is 3. The van der Waals surface area contributed by atoms with E-state index >= 15 is 0 Å². The molecule has 1 atom stereocenters. The average molecular weight is 948 g/mol. The number of carbonyl (C=O) groups excluding carboxylic acids is 3. The van der Waals surface area contributed by atoms with Crippen molar-refractivity contribution in [2.45, 2.75) is 277 Å². The zero-order valence-corrected chi connectivity index (χ0v) is 44.6. The fourth-order valence-corrected chi connectivity index (χ4v) is 7.85. The number of allylic oxidation sites excluding steroid dienone is 14. The van der Waals surface area contributed by atoms with E-state index in [4.69, 9.17) is 14.2 Å². The molecule has 6 nitrogen and oxygen atoms in total. The number of hydrogen-bond acceptors (Lipinski definition) is 6. The molecule has 0 fully saturated rings. The molecule has 0 aliphatic carbocycles. The Morgan fingerprint density at radius 1 is 0.294 bits per heavy atom. The molecule has 6 heteroatoms. The molecule has 0 spiro atoms. The van der Waals surface area contributed by atoms with Crippen LogP contribution in [0.1, 0.15) is 271 Å². The molecule has 68 heavy (non-hydrogen) atoms. The Hall–Kier alpha value is -3.41. The van der Waals surface area contributed by atoms with Crippen LogP contribution in [0.4, 0.5) is 0 Å². The van der Waals surface area contributed by atoms with Gasteiger partial charge in [-0.2, -0.15) is 0 Å². The van der Waals surface area contributed by atoms with Crippen LogP contribution in [0.2, 0.25) is 0 Å². The fraction of sp³-hybridized carbons (Fsp3) is 0.726. The van der Waals surface area contributed by atoms with E-state index in [2.05, 4.69) is 106 Å². The van der Waals surface area contributed by atoms with Gasteiger partial charge in [0.25, 0.3) is 0 Å². The summed E-state index contributed by atoms with van der Waals surface area (Å²) < 4.78 is 16.8. The molecule has 0 heterocycles. The number of carbonyl (C=O) groups is 3. The number of unbranched alkanes of at least 4 members (excludes halogenated alkanes) is 30. The molecule has 0 aliphatic heterocycles. The van der Waals surface area contributed by atoms with Gasteiger partial charge in [0.05, 0.1) is 0 Å². The maximum absolute atomic E-state index is 12.9. The second kappa shape index (κ2) is 56.2. The van der Waals surface area contributed by atoms with Gasteiger partial charge in [-0.3, -0.25) is 14.4 Å². The van der Waals surface area contributed by atoms with E-state index in [1.54, 1.807) is 0 Å². The van der Waals surface area contributed by atoms with E-state index < -0.39 is 6.10 Å². The van der Waals surface area contributed by atoms with E-state index in [1.165, 1.54) is 141 Å². The Balaban J connectivity index is 4.46. The van der Waals surface area contributed by atoms with Crippen molar-refractivity contribution in [2.24, 2.45) is 0 Å². The van der Waals surface area contributed by atoms with Crippen LogP contribution in [0, 0.1) is 0 Å². The van der Waals surface area contributed by atoms with Gasteiger partial charge in [-0.05, 0) is 96.3 Å². The molecule has 0 N–H and O–H groups in total. The van der Waals surface area contributed by atoms with Crippen molar-refractivity contribution < 1.29 is 28.6 Å². The first kappa shape index (κ1) is 64.6. The van der Waals surface area contributed by atoms with Crippen LogP contribution in [0.5, 0.6) is 0 Å². The molecule has 1 unspecified atom stereocenters. The summed E-state index contributed by atoms with van der Waals surface area (Å²) in [6, 6.07) is 0. The lowest BCUT2D eigenvalue weighted by Crippen LogP contribution is -2.30. The van der Waals surface area contributed by atoms with Gasteiger partial charge < -0.3 is 14.2 Å². The Kier molecular flexibility index (Phi) is 53.4. The lowest BCUT2D eigenvalue weighted by Gasteiger charge is -2.18. The first-order chi connectivity index (χ1) is 33.5. The first-order valence-electron chi connectivity index (χ1n) is 28.7. The molecule has 390 valence electrons. The zero-order chi connectivity index (χ0) is 49.3. The highest BCUT2D eigenvalue weighted by Gasteiger charge is 2.19. The number of esters is 3. The van der Waals surface area contributed by atoms with E-state index in [-0.39, 0.29) is 31.1 Å². The fourth-order valence-electron chi connectivity index (χ4n) is 7.85. The van der Waals surface area contributed by atoms with Gasteiger partial charge in [-0.15, -0.1) is 0 Å². The maximum atomic E-state index is 12.9. The summed E-state index contributed by atoms with van der Waals surface area (Å²) in [7, 11) is 0. The van der Waals surface area contributed by atoms with Gasteiger partial charge in [-0.1, -0.05) is 241 Å². The zero-order valence-electron chi connectivity index (χ0n) is 44.6. The Bertz CT molecular complexity index is 1320. The summed E-state index contributed by atoms with van der Waals surface area (Å²) >= 11 is 0. The van der Waals surface area contributed by atoms with Crippen LogP contribution >= 0.6 is 0 Å². The lowest BCUT2D eigenvalue weighted by atomic mass is 10.1. The van der Waals surface area contributed by atoms with Crippen molar-refractivity contribution in [3.8, 4) is 0 Å². The van der Waals surface area contributed by atoms with E-state index in [0.717, 1.165) is 89.9 Å². The normalized spacial score (nSPS) is 12.7. The highest BCUT2D eigenvalue weighted by Crippen LogP contribution is 2.15. The van der Waals surface area contributed by atoms with Gasteiger partial charge in [0.2, 0.25) is 0 Å². The molecule has 0 bridgehead atoms. The topological polar surface area (TPSA) is 78.9 Å². The van der Waals surface area contributed by atoms with E-state index in [1.807, 2.05) is 0 Å². The van der Waals surface area contributed by atoms with Crippen molar-refractivity contribution in [2.75, 3.05) is 13.2 Å². The second-order valence-electron chi connectivity index (χ2n) is 19.0. The Morgan fingerprint density at radius 2 is 0.544 bits per heavy atom. The van der Waals surface area contributed by atoms with Gasteiger partial charge in [0.15, 0.2) is 6.10 Å². The molecular weight excluding hydrogens is 841 g/mol. The molecule has 0 saturated carbocycles.